The molecule has 0 fully saturated rings. The molecule has 2 aromatic heterocycles. The standard InChI is InChI=1S/C15H15BrF4N4O3S/c1-7-13(28(26,27)23-8(2)15(18,19)20)11(17)12(24(7)3)14(25)22-9-4-5-21-10(16)6-9/h4-6,8,23H,1-3H3,(H,21,22,25). The summed E-state index contributed by atoms with van der Waals surface area (Å²) in [5.41, 5.74) is -0.635. The smallest absolute Gasteiger partial charge is 0.340 e. The van der Waals surface area contributed by atoms with Crippen LogP contribution in [-0.2, 0) is 17.1 Å². The van der Waals surface area contributed by atoms with Crippen molar-refractivity contribution in [2.75, 3.05) is 5.32 Å². The van der Waals surface area contributed by atoms with Gasteiger partial charge in [0.2, 0.25) is 10.0 Å². The molecule has 1 atom stereocenters. The maximum Gasteiger partial charge on any atom is 0.404 e. The van der Waals surface area contributed by atoms with E-state index in [1.807, 2.05) is 0 Å². The van der Waals surface area contributed by atoms with Gasteiger partial charge in [-0.1, -0.05) is 0 Å². The van der Waals surface area contributed by atoms with Crippen molar-refractivity contribution < 1.29 is 30.8 Å². The number of carbonyl (C=O) groups excluding carboxylic acids is 1. The summed E-state index contributed by atoms with van der Waals surface area (Å²) in [5.74, 6) is -2.43. The highest BCUT2D eigenvalue weighted by molar-refractivity contribution is 9.10. The molecule has 2 heterocycles. The number of nitrogens with one attached hydrogen (secondary N) is 2. The Kier molecular flexibility index (Phi) is 6.21. The van der Waals surface area contributed by atoms with Crippen LogP contribution in [0.1, 0.15) is 23.1 Å². The molecular weight excluding hydrogens is 472 g/mol. The average molecular weight is 487 g/mol. The molecule has 0 aliphatic heterocycles. The molecule has 0 saturated carbocycles. The third kappa shape index (κ3) is 4.52. The predicted octanol–water partition coefficient (Wildman–Crippen LogP) is 3.11. The van der Waals surface area contributed by atoms with Crippen molar-refractivity contribution in [2.24, 2.45) is 7.05 Å². The number of hydrogen-bond acceptors (Lipinski definition) is 4. The van der Waals surface area contributed by atoms with Crippen LogP contribution in [0.25, 0.3) is 0 Å². The molecule has 0 spiro atoms. The lowest BCUT2D eigenvalue weighted by molar-refractivity contribution is -0.147. The number of hydrogen-bond donors (Lipinski definition) is 2. The maximum atomic E-state index is 14.8. The monoisotopic (exact) mass is 486 g/mol. The van der Waals surface area contributed by atoms with Gasteiger partial charge in [-0.3, -0.25) is 4.79 Å². The molecule has 28 heavy (non-hydrogen) atoms. The number of pyridine rings is 1. The Labute approximate surface area is 166 Å². The SMILES string of the molecule is Cc1c(S(=O)(=O)NC(C)C(F)(F)F)c(F)c(C(=O)Nc2ccnc(Br)c2)n1C. The Hall–Kier alpha value is -1.99. The fourth-order valence-electron chi connectivity index (χ4n) is 2.33. The molecule has 2 aromatic rings. The first-order valence-electron chi connectivity index (χ1n) is 7.62. The fraction of sp³-hybridized carbons (Fsp3) is 0.333. The normalized spacial score (nSPS) is 13.4. The van der Waals surface area contributed by atoms with Crippen LogP contribution in [0.15, 0.2) is 27.8 Å². The highest BCUT2D eigenvalue weighted by atomic mass is 79.9. The maximum absolute atomic E-state index is 14.8. The number of alkyl halides is 3. The van der Waals surface area contributed by atoms with E-state index < -0.39 is 44.6 Å². The van der Waals surface area contributed by atoms with Crippen LogP contribution in [-0.4, -0.2) is 36.1 Å². The van der Waals surface area contributed by atoms with Gasteiger partial charge >= 0.3 is 6.18 Å². The summed E-state index contributed by atoms with van der Waals surface area (Å²) in [6, 6.07) is 0.402. The predicted molar refractivity (Wildman–Crippen MR) is 95.8 cm³/mol. The number of sulfonamides is 1. The molecule has 0 aromatic carbocycles. The molecule has 0 aliphatic rings. The lowest BCUT2D eigenvalue weighted by Crippen LogP contribution is -2.43. The van der Waals surface area contributed by atoms with Crippen LogP contribution >= 0.6 is 15.9 Å². The second kappa shape index (κ2) is 7.79. The first kappa shape index (κ1) is 22.3. The fourth-order valence-corrected chi connectivity index (χ4v) is 4.27. The van der Waals surface area contributed by atoms with Crippen LogP contribution in [0.5, 0.6) is 0 Å². The van der Waals surface area contributed by atoms with E-state index in [0.29, 0.717) is 11.5 Å². The van der Waals surface area contributed by atoms with Crippen LogP contribution in [0.2, 0.25) is 0 Å². The van der Waals surface area contributed by atoms with Crippen molar-refractivity contribution in [3.05, 3.63) is 40.1 Å². The summed E-state index contributed by atoms with van der Waals surface area (Å²) in [6.45, 7) is 1.76. The van der Waals surface area contributed by atoms with Crippen molar-refractivity contribution in [1.82, 2.24) is 14.3 Å². The molecule has 7 nitrogen and oxygen atoms in total. The number of carbonyl (C=O) groups is 1. The van der Waals surface area contributed by atoms with Crippen LogP contribution < -0.4 is 10.0 Å². The number of halogens is 5. The van der Waals surface area contributed by atoms with Gasteiger partial charge in [0.25, 0.3) is 5.91 Å². The van der Waals surface area contributed by atoms with E-state index in [9.17, 15) is 30.8 Å². The van der Waals surface area contributed by atoms with Gasteiger partial charge in [0.15, 0.2) is 5.82 Å². The summed E-state index contributed by atoms with van der Waals surface area (Å²) < 4.78 is 80.2. The summed E-state index contributed by atoms with van der Waals surface area (Å²) in [7, 11) is -3.66. The van der Waals surface area contributed by atoms with Gasteiger partial charge < -0.3 is 9.88 Å². The molecule has 1 amide bonds. The number of amides is 1. The molecule has 0 saturated heterocycles. The second-order valence-electron chi connectivity index (χ2n) is 5.84. The third-order valence-electron chi connectivity index (χ3n) is 3.87. The number of rotatable bonds is 5. The van der Waals surface area contributed by atoms with Crippen molar-refractivity contribution in [2.45, 2.75) is 31.0 Å². The van der Waals surface area contributed by atoms with E-state index in [1.54, 1.807) is 0 Å². The van der Waals surface area contributed by atoms with Crippen LogP contribution in [0.4, 0.5) is 23.2 Å². The third-order valence-corrected chi connectivity index (χ3v) is 5.98. The topological polar surface area (TPSA) is 93.1 Å². The van der Waals surface area contributed by atoms with Crippen molar-refractivity contribution in [3.8, 4) is 0 Å². The average Bonchev–Trinajstić information content (AvgIpc) is 2.76. The Balaban J connectivity index is 2.44. The van der Waals surface area contributed by atoms with Gasteiger partial charge in [0.05, 0.1) is 0 Å². The number of nitrogens with zero attached hydrogens (tertiary/aromatic N) is 2. The molecule has 13 heteroatoms. The molecule has 2 N–H and O–H groups in total. The zero-order valence-electron chi connectivity index (χ0n) is 14.7. The van der Waals surface area contributed by atoms with E-state index in [0.717, 1.165) is 4.57 Å². The van der Waals surface area contributed by atoms with Gasteiger partial charge in [-0.25, -0.2) is 17.8 Å². The van der Waals surface area contributed by atoms with E-state index in [2.05, 4.69) is 26.2 Å². The van der Waals surface area contributed by atoms with Gasteiger partial charge in [-0.05, 0) is 41.9 Å². The first-order valence-corrected chi connectivity index (χ1v) is 9.90. The van der Waals surface area contributed by atoms with Crippen molar-refractivity contribution in [3.63, 3.8) is 0 Å². The minimum Gasteiger partial charge on any atom is -0.340 e. The molecule has 0 radical (unpaired) electrons. The summed E-state index contributed by atoms with van der Waals surface area (Å²) in [5, 5.41) is 2.37. The zero-order chi connectivity index (χ0) is 21.4. The van der Waals surface area contributed by atoms with Crippen molar-refractivity contribution >= 4 is 37.5 Å². The highest BCUT2D eigenvalue weighted by Gasteiger charge is 2.41. The van der Waals surface area contributed by atoms with Gasteiger partial charge in [-0.15, -0.1) is 0 Å². The van der Waals surface area contributed by atoms with E-state index in [4.69, 9.17) is 0 Å². The lowest BCUT2D eigenvalue weighted by Gasteiger charge is -2.17. The summed E-state index contributed by atoms with van der Waals surface area (Å²) in [4.78, 5) is 15.3. The Morgan fingerprint density at radius 3 is 2.50 bits per heavy atom. The van der Waals surface area contributed by atoms with E-state index in [-0.39, 0.29) is 11.4 Å². The number of anilines is 1. The zero-order valence-corrected chi connectivity index (χ0v) is 17.1. The molecule has 0 aliphatic carbocycles. The van der Waals surface area contributed by atoms with Crippen LogP contribution in [0, 0.1) is 12.7 Å². The molecule has 2 rings (SSSR count). The Bertz CT molecular complexity index is 1020. The van der Waals surface area contributed by atoms with Gasteiger partial charge in [0, 0.05) is 24.6 Å². The molecule has 154 valence electrons. The highest BCUT2D eigenvalue weighted by Crippen LogP contribution is 2.28. The van der Waals surface area contributed by atoms with E-state index in [1.165, 1.54) is 37.0 Å². The molecule has 1 unspecified atom stereocenters. The Morgan fingerprint density at radius 2 is 1.96 bits per heavy atom. The molecular formula is C15H15BrF4N4O3S. The molecule has 0 bridgehead atoms. The second-order valence-corrected chi connectivity index (χ2v) is 8.31. The van der Waals surface area contributed by atoms with Gasteiger partial charge in [-0.2, -0.15) is 17.9 Å². The lowest BCUT2D eigenvalue weighted by atomic mass is 10.3. The van der Waals surface area contributed by atoms with Gasteiger partial charge in [0.1, 0.15) is 21.2 Å². The number of aromatic nitrogens is 2. The minimum atomic E-state index is -4.88. The van der Waals surface area contributed by atoms with Crippen LogP contribution in [0.3, 0.4) is 0 Å². The summed E-state index contributed by atoms with van der Waals surface area (Å²) >= 11 is 3.10. The van der Waals surface area contributed by atoms with E-state index >= 15 is 0 Å². The largest absolute Gasteiger partial charge is 0.404 e. The first-order chi connectivity index (χ1) is 12.8. The van der Waals surface area contributed by atoms with Crippen molar-refractivity contribution in [1.29, 1.82) is 0 Å². The minimum absolute atomic E-state index is 0.236. The summed E-state index contributed by atoms with van der Waals surface area (Å²) in [6.07, 6.45) is -3.49. The quantitative estimate of drug-likeness (QED) is 0.501. The Morgan fingerprint density at radius 1 is 1.36 bits per heavy atom.